The normalized spacial score (nSPS) is 11.2. The van der Waals surface area contributed by atoms with Crippen LogP contribution in [-0.4, -0.2) is 41.0 Å². The van der Waals surface area contributed by atoms with Crippen LogP contribution in [0.2, 0.25) is 0 Å². The minimum absolute atomic E-state index is 0.175. The third-order valence-corrected chi connectivity index (χ3v) is 12.5. The number of hydrogen-bond acceptors (Lipinski definition) is 9. The van der Waals surface area contributed by atoms with Gasteiger partial charge in [0.05, 0.1) is 21.2 Å². The van der Waals surface area contributed by atoms with E-state index in [1.165, 1.54) is 97.1 Å². The average molecular weight is 935 g/mol. The predicted molar refractivity (Wildman–Crippen MR) is 258 cm³/mol. The van der Waals surface area contributed by atoms with Gasteiger partial charge in [-0.2, -0.15) is 0 Å². The Morgan fingerprint density at radius 2 is 0.701 bits per heavy atom. The van der Waals surface area contributed by atoms with Gasteiger partial charge in [0.2, 0.25) is 0 Å². The van der Waals surface area contributed by atoms with Gasteiger partial charge in [-0.25, -0.2) is 45.5 Å². The average Bonchev–Trinajstić information content (AvgIpc) is 3.30. The van der Waals surface area contributed by atoms with E-state index in [1.807, 2.05) is 70.1 Å². The first kappa shape index (κ1) is 44.7. The summed E-state index contributed by atoms with van der Waals surface area (Å²) >= 11 is 0. The lowest BCUT2D eigenvalue weighted by Gasteiger charge is -2.12. The third kappa shape index (κ3) is 11.4. The van der Waals surface area contributed by atoms with Gasteiger partial charge >= 0.3 is 24.1 Å². The van der Waals surface area contributed by atoms with Crippen molar-refractivity contribution in [2.75, 3.05) is 31.9 Å². The molecule has 0 heterocycles. The Morgan fingerprint density at radius 1 is 0.343 bits per heavy atom. The van der Waals surface area contributed by atoms with E-state index >= 15 is 0 Å². The summed E-state index contributed by atoms with van der Waals surface area (Å²) in [5, 5.41) is 19.2. The van der Waals surface area contributed by atoms with Crippen LogP contribution < -0.4 is 46.1 Å². The Hall–Kier alpha value is -8.94. The minimum atomic E-state index is -4.36. The molecule has 8 rings (SSSR count). The fourth-order valence-corrected chi connectivity index (χ4v) is 8.65. The summed E-state index contributed by atoms with van der Waals surface area (Å²) in [7, 11) is -8.72. The number of carbonyl (C=O) groups excluding carboxylic acids is 4. The van der Waals surface area contributed by atoms with Gasteiger partial charge in [0, 0.05) is 33.5 Å². The van der Waals surface area contributed by atoms with Crippen molar-refractivity contribution in [2.24, 2.45) is 0 Å². The number of rotatable bonds is 12. The van der Waals surface area contributed by atoms with Gasteiger partial charge < -0.3 is 36.6 Å². The van der Waals surface area contributed by atoms with Crippen LogP contribution in [-0.2, 0) is 20.0 Å². The molecule has 8 N–H and O–H groups in total. The molecule has 17 nitrogen and oxygen atoms in total. The number of sulfonamides is 2. The highest BCUT2D eigenvalue weighted by atomic mass is 32.2. The lowest BCUT2D eigenvalue weighted by atomic mass is 10.1. The number of carbonyl (C=O) groups is 4. The highest BCUT2D eigenvalue weighted by Gasteiger charge is 2.21. The van der Waals surface area contributed by atoms with Gasteiger partial charge in [0.15, 0.2) is 0 Å². The zero-order valence-electron chi connectivity index (χ0n) is 34.8. The highest BCUT2D eigenvalue weighted by Crippen LogP contribution is 2.27. The maximum Gasteiger partial charge on any atom is 0.333 e. The molecule has 0 aliphatic heterocycles. The van der Waals surface area contributed by atoms with Crippen LogP contribution in [0.1, 0.15) is 0 Å². The quantitative estimate of drug-likeness (QED) is 0.0580. The monoisotopic (exact) mass is 934 g/mol. The molecule has 0 spiro atoms. The molecule has 0 atom stereocenters. The van der Waals surface area contributed by atoms with E-state index in [4.69, 9.17) is 4.74 Å². The van der Waals surface area contributed by atoms with E-state index in [-0.39, 0.29) is 32.5 Å². The number of urea groups is 4. The number of ether oxygens (including phenoxy) is 1. The summed E-state index contributed by atoms with van der Waals surface area (Å²) in [6.45, 7) is 0. The van der Waals surface area contributed by atoms with Gasteiger partial charge in [-0.1, -0.05) is 84.9 Å². The molecule has 0 aromatic heterocycles. The van der Waals surface area contributed by atoms with E-state index in [0.29, 0.717) is 22.9 Å². The molecule has 19 heteroatoms. The van der Waals surface area contributed by atoms with Crippen LogP contribution in [0.15, 0.2) is 192 Å². The van der Waals surface area contributed by atoms with E-state index in [0.717, 1.165) is 21.5 Å². The van der Waals surface area contributed by atoms with Crippen molar-refractivity contribution in [3.63, 3.8) is 0 Å². The van der Waals surface area contributed by atoms with Gasteiger partial charge in [0.25, 0.3) is 20.0 Å². The molecule has 0 unspecified atom stereocenters. The van der Waals surface area contributed by atoms with E-state index < -0.39 is 44.2 Å². The lowest BCUT2D eigenvalue weighted by Crippen LogP contribution is -2.34. The number of amides is 8. The lowest BCUT2D eigenvalue weighted by molar-refractivity contribution is 0.255. The van der Waals surface area contributed by atoms with Crippen molar-refractivity contribution in [2.45, 2.75) is 9.79 Å². The zero-order valence-corrected chi connectivity index (χ0v) is 36.4. The molecular weight excluding hydrogens is 897 g/mol. The largest absolute Gasteiger partial charge is 0.457 e. The summed E-state index contributed by atoms with van der Waals surface area (Å²) in [6, 6.07) is 45.5. The van der Waals surface area contributed by atoms with Crippen LogP contribution in [0.4, 0.5) is 53.3 Å². The van der Waals surface area contributed by atoms with Crippen molar-refractivity contribution in [1.82, 2.24) is 9.44 Å². The number of anilines is 6. The molecule has 0 radical (unpaired) electrons. The number of benzene rings is 8. The molecule has 336 valence electrons. The summed E-state index contributed by atoms with van der Waals surface area (Å²) < 4.78 is 62.1. The standard InChI is InChI=1S/C48H38N8O9S2/c57-45(53-43-19-5-11-31-9-1-3-17-41(31)43)51-35-13-7-15-39(29-35)66(61,62)55-47(59)49-33-21-25-37(26-22-33)65-38-27-23-34(24-28-38)50-48(60)56-67(63,64)40-16-8-14-36(30-40)52-46(58)54-44-20-6-12-32-10-2-4-18-42(32)44/h1-30H,(H2,49,55,59)(H2,50,56,60)(H2,51,53,57)(H2,52,54,58). The number of nitrogens with one attached hydrogen (secondary N) is 8. The Balaban J connectivity index is 0.794. The molecule has 0 fully saturated rings. The van der Waals surface area contributed by atoms with Gasteiger partial charge in [-0.15, -0.1) is 0 Å². The smallest absolute Gasteiger partial charge is 0.333 e. The molecular formula is C48H38N8O9S2. The van der Waals surface area contributed by atoms with Gasteiger partial charge in [0.1, 0.15) is 11.5 Å². The Kier molecular flexibility index (Phi) is 13.0. The number of fused-ring (bicyclic) bond motifs is 2. The SMILES string of the molecule is O=C(Nc1cccc(S(=O)(=O)NC(=O)Nc2ccc(Oc3ccc(NC(=O)NS(=O)(=O)c4cccc(NC(=O)Nc5cccc6ccccc56)c4)cc3)cc2)c1)Nc1cccc2ccccc12. The first-order valence-electron chi connectivity index (χ1n) is 20.1. The summed E-state index contributed by atoms with van der Waals surface area (Å²) in [5.74, 6) is 0.694. The van der Waals surface area contributed by atoms with E-state index in [2.05, 4.69) is 31.9 Å². The maximum atomic E-state index is 13.1. The third-order valence-electron chi connectivity index (χ3n) is 9.79. The maximum absolute atomic E-state index is 13.1. The second-order valence-corrected chi connectivity index (χ2v) is 17.9. The second kappa shape index (κ2) is 19.4. The van der Waals surface area contributed by atoms with E-state index in [1.54, 1.807) is 24.3 Å². The molecule has 67 heavy (non-hydrogen) atoms. The van der Waals surface area contributed by atoms with Crippen molar-refractivity contribution < 1.29 is 40.8 Å². The minimum Gasteiger partial charge on any atom is -0.457 e. The molecule has 0 saturated heterocycles. The Morgan fingerprint density at radius 3 is 1.12 bits per heavy atom. The zero-order chi connectivity index (χ0) is 47.0. The molecule has 8 aromatic rings. The molecule has 8 amide bonds. The molecule has 0 aliphatic carbocycles. The van der Waals surface area contributed by atoms with Crippen LogP contribution >= 0.6 is 0 Å². The Bertz CT molecular complexity index is 3170. The van der Waals surface area contributed by atoms with Gasteiger partial charge in [-0.3, -0.25) is 0 Å². The van der Waals surface area contributed by atoms with Crippen LogP contribution in [0.25, 0.3) is 21.5 Å². The van der Waals surface area contributed by atoms with Crippen molar-refractivity contribution in [3.05, 3.63) is 182 Å². The first-order valence-corrected chi connectivity index (χ1v) is 23.1. The number of hydrogen-bond donors (Lipinski definition) is 8. The van der Waals surface area contributed by atoms with Crippen LogP contribution in [0.5, 0.6) is 11.5 Å². The van der Waals surface area contributed by atoms with E-state index in [9.17, 15) is 36.0 Å². The first-order chi connectivity index (χ1) is 32.3. The van der Waals surface area contributed by atoms with Crippen LogP contribution in [0.3, 0.4) is 0 Å². The molecule has 0 aliphatic rings. The van der Waals surface area contributed by atoms with Crippen molar-refractivity contribution in [1.29, 1.82) is 0 Å². The molecule has 0 saturated carbocycles. The van der Waals surface area contributed by atoms with Gasteiger partial charge in [-0.05, 0) is 108 Å². The fourth-order valence-electron chi connectivity index (χ4n) is 6.74. The second-order valence-electron chi connectivity index (χ2n) is 14.5. The predicted octanol–water partition coefficient (Wildman–Crippen LogP) is 10.1. The Labute approximate surface area is 383 Å². The molecule has 8 aromatic carbocycles. The van der Waals surface area contributed by atoms with Crippen molar-refractivity contribution in [3.8, 4) is 11.5 Å². The van der Waals surface area contributed by atoms with Crippen LogP contribution in [0, 0.1) is 0 Å². The van der Waals surface area contributed by atoms with Crippen molar-refractivity contribution >= 4 is 99.8 Å². The summed E-state index contributed by atoms with van der Waals surface area (Å²) in [6.07, 6.45) is 0. The topological polar surface area (TPSA) is 242 Å². The summed E-state index contributed by atoms with van der Waals surface area (Å²) in [4.78, 5) is 50.5. The molecule has 0 bridgehead atoms. The highest BCUT2D eigenvalue weighted by molar-refractivity contribution is 7.90. The summed E-state index contributed by atoms with van der Waals surface area (Å²) in [5.41, 5.74) is 1.97. The fraction of sp³-hybridized carbons (Fsp3) is 0.